The van der Waals surface area contributed by atoms with Gasteiger partial charge in [-0.15, -0.1) is 0 Å². The molecule has 4 aliphatic carbocycles. The lowest BCUT2D eigenvalue weighted by Gasteiger charge is -2.60. The van der Waals surface area contributed by atoms with Gasteiger partial charge in [-0.3, -0.25) is 0 Å². The van der Waals surface area contributed by atoms with Gasteiger partial charge in [0, 0.05) is 18.3 Å². The van der Waals surface area contributed by atoms with E-state index in [2.05, 4.69) is 0 Å². The molecule has 0 aromatic rings. The first-order chi connectivity index (χ1) is 12.1. The van der Waals surface area contributed by atoms with Crippen molar-refractivity contribution < 1.29 is 35.4 Å². The summed E-state index contributed by atoms with van der Waals surface area (Å²) in [6, 6.07) is 0. The van der Waals surface area contributed by atoms with Crippen LogP contribution in [0.25, 0.3) is 0 Å². The monoisotopic (exact) mass is 384 g/mol. The van der Waals surface area contributed by atoms with E-state index in [-0.39, 0.29) is 25.2 Å². The molecule has 7 heteroatoms. The van der Waals surface area contributed by atoms with Crippen LogP contribution in [0, 0.1) is 22.7 Å². The molecule has 1 spiro atoms. The first kappa shape index (κ1) is 18.7. The zero-order valence-corrected chi connectivity index (χ0v) is 16.7. The van der Waals surface area contributed by atoms with Gasteiger partial charge in [-0.05, 0) is 31.6 Å². The van der Waals surface area contributed by atoms with E-state index in [4.69, 9.17) is 4.74 Å². The maximum absolute atomic E-state index is 12.3. The van der Waals surface area contributed by atoms with Gasteiger partial charge in [0.1, 0.15) is 16.8 Å². The van der Waals surface area contributed by atoms with E-state index in [1.54, 1.807) is 27.7 Å². The Labute approximate surface area is 159 Å². The highest BCUT2D eigenvalue weighted by atomic mass is 16.7. The molecule has 4 saturated carbocycles. The lowest BCUT2D eigenvalue weighted by Crippen LogP contribution is -2.75. The fraction of sp³-hybridized carbons (Fsp3) is 1.00. The molecular formula is C20H32O7. The molecule has 0 amide bonds. The maximum Gasteiger partial charge on any atom is 0.178 e. The van der Waals surface area contributed by atoms with Crippen LogP contribution in [0.1, 0.15) is 60.3 Å². The molecule has 10 unspecified atom stereocenters. The van der Waals surface area contributed by atoms with Crippen LogP contribution in [0.4, 0.5) is 0 Å². The van der Waals surface area contributed by atoms with Crippen LogP contribution in [0.2, 0.25) is 0 Å². The second kappa shape index (κ2) is 4.13. The molecule has 6 bridgehead atoms. The Bertz CT molecular complexity index is 759. The number of hydrogen-bond donors (Lipinski definition) is 6. The summed E-state index contributed by atoms with van der Waals surface area (Å²) >= 11 is 0. The van der Waals surface area contributed by atoms with Crippen molar-refractivity contribution in [3.8, 4) is 0 Å². The topological polar surface area (TPSA) is 131 Å². The van der Waals surface area contributed by atoms with Crippen molar-refractivity contribution in [2.24, 2.45) is 22.7 Å². The largest absolute Gasteiger partial charge is 0.390 e. The Kier molecular flexibility index (Phi) is 2.86. The van der Waals surface area contributed by atoms with E-state index in [9.17, 15) is 30.6 Å². The highest BCUT2D eigenvalue weighted by molar-refractivity contribution is 5.54. The zero-order valence-electron chi connectivity index (χ0n) is 16.7. The van der Waals surface area contributed by atoms with E-state index in [0.717, 1.165) is 0 Å². The summed E-state index contributed by atoms with van der Waals surface area (Å²) in [5.74, 6) is -2.69. The first-order valence-electron chi connectivity index (χ1n) is 10.1. The highest BCUT2D eigenvalue weighted by Gasteiger charge is 3.07. The molecule has 0 aromatic carbocycles. The predicted octanol–water partition coefficient (Wildman–Crippen LogP) is -0.351. The highest BCUT2D eigenvalue weighted by Crippen LogP contribution is 2.90. The van der Waals surface area contributed by atoms with Gasteiger partial charge < -0.3 is 35.4 Å². The molecule has 154 valence electrons. The molecule has 0 aromatic heterocycles. The number of aliphatic hydroxyl groups excluding tert-OH is 1. The molecule has 6 rings (SSSR count). The number of rotatable bonds is 1. The second-order valence-corrected chi connectivity index (χ2v) is 10.9. The van der Waals surface area contributed by atoms with E-state index in [0.29, 0.717) is 6.42 Å². The van der Waals surface area contributed by atoms with Crippen molar-refractivity contribution >= 4 is 0 Å². The van der Waals surface area contributed by atoms with Crippen molar-refractivity contribution in [3.63, 3.8) is 0 Å². The van der Waals surface area contributed by atoms with Crippen LogP contribution in [0.3, 0.4) is 0 Å². The quantitative estimate of drug-likeness (QED) is 0.364. The van der Waals surface area contributed by atoms with Crippen LogP contribution in [0.5, 0.6) is 0 Å². The van der Waals surface area contributed by atoms with E-state index < -0.39 is 56.6 Å². The minimum atomic E-state index is -2.21. The third-order valence-electron chi connectivity index (χ3n) is 10.3. The summed E-state index contributed by atoms with van der Waals surface area (Å²) in [4.78, 5) is 0. The molecule has 7 nitrogen and oxygen atoms in total. The lowest BCUT2D eigenvalue weighted by atomic mass is 9.52. The SMILES string of the molecule is CC1CCC2(O)C3(C)CC4(O)OC2(C1O)C1(O)C3(O)CC(O)(C(C)C)C41C. The lowest BCUT2D eigenvalue weighted by molar-refractivity contribution is -0.390. The van der Waals surface area contributed by atoms with E-state index in [1.807, 2.05) is 0 Å². The Hall–Kier alpha value is -0.280. The van der Waals surface area contributed by atoms with Crippen LogP contribution in [-0.2, 0) is 4.74 Å². The van der Waals surface area contributed by atoms with Crippen molar-refractivity contribution in [3.05, 3.63) is 0 Å². The molecule has 6 fully saturated rings. The summed E-state index contributed by atoms with van der Waals surface area (Å²) < 4.78 is 6.12. The number of hydrogen-bond acceptors (Lipinski definition) is 7. The third kappa shape index (κ3) is 1.16. The Balaban J connectivity index is 1.94. The molecule has 2 aliphatic heterocycles. The average molecular weight is 384 g/mol. The van der Waals surface area contributed by atoms with Crippen LogP contribution < -0.4 is 0 Å². The van der Waals surface area contributed by atoms with Gasteiger partial charge in [0.2, 0.25) is 0 Å². The van der Waals surface area contributed by atoms with Gasteiger partial charge in [-0.25, -0.2) is 0 Å². The van der Waals surface area contributed by atoms with Gasteiger partial charge in [0.25, 0.3) is 0 Å². The Morgan fingerprint density at radius 1 is 0.963 bits per heavy atom. The van der Waals surface area contributed by atoms with Crippen molar-refractivity contribution in [1.82, 2.24) is 0 Å². The molecule has 2 saturated heterocycles. The minimum Gasteiger partial charge on any atom is -0.390 e. The minimum absolute atomic E-state index is 0.121. The van der Waals surface area contributed by atoms with Crippen LogP contribution in [-0.4, -0.2) is 70.5 Å². The predicted molar refractivity (Wildman–Crippen MR) is 93.3 cm³/mol. The third-order valence-corrected chi connectivity index (χ3v) is 10.3. The Morgan fingerprint density at radius 2 is 1.56 bits per heavy atom. The van der Waals surface area contributed by atoms with Gasteiger partial charge in [0.05, 0.1) is 17.1 Å². The molecule has 27 heavy (non-hydrogen) atoms. The first-order valence-corrected chi connectivity index (χ1v) is 10.1. The van der Waals surface area contributed by atoms with Crippen molar-refractivity contribution in [2.45, 2.75) is 100 Å². The summed E-state index contributed by atoms with van der Waals surface area (Å²) in [5, 5.41) is 70.9. The van der Waals surface area contributed by atoms with Gasteiger partial charge in [-0.1, -0.05) is 27.7 Å². The second-order valence-electron chi connectivity index (χ2n) is 10.9. The molecule has 6 aliphatic rings. The molecule has 2 heterocycles. The van der Waals surface area contributed by atoms with Gasteiger partial charge in [0.15, 0.2) is 11.4 Å². The molecule has 0 radical (unpaired) electrons. The van der Waals surface area contributed by atoms with Gasteiger partial charge in [-0.2, -0.15) is 0 Å². The fourth-order valence-corrected chi connectivity index (χ4v) is 8.64. The van der Waals surface area contributed by atoms with Crippen LogP contribution in [0.15, 0.2) is 0 Å². The van der Waals surface area contributed by atoms with Crippen LogP contribution >= 0.6 is 0 Å². The normalized spacial score (nSPS) is 71.6. The summed E-state index contributed by atoms with van der Waals surface area (Å²) in [5.41, 5.74) is -12.5. The molecule has 6 N–H and O–H groups in total. The summed E-state index contributed by atoms with van der Waals surface area (Å²) in [6.45, 7) is 8.55. The standard InChI is InChI=1S/C20H32O7/c1-10(2)15(22)9-17(24)13(4)8-18(25)14(15,5)20(17,26)19(27-18)12(21)11(3)6-7-16(13,19)23/h10-12,21-26H,6-9H2,1-5H3. The Morgan fingerprint density at radius 3 is 2.11 bits per heavy atom. The van der Waals surface area contributed by atoms with Crippen molar-refractivity contribution in [2.75, 3.05) is 0 Å². The molecule has 10 atom stereocenters. The smallest absolute Gasteiger partial charge is 0.178 e. The van der Waals surface area contributed by atoms with Gasteiger partial charge >= 0.3 is 0 Å². The maximum atomic E-state index is 12.3. The average Bonchev–Trinajstić information content (AvgIpc) is 2.82. The fourth-order valence-electron chi connectivity index (χ4n) is 8.64. The zero-order chi connectivity index (χ0) is 20.3. The summed E-state index contributed by atoms with van der Waals surface area (Å²) in [7, 11) is 0. The summed E-state index contributed by atoms with van der Waals surface area (Å²) in [6.07, 6.45) is -0.869. The van der Waals surface area contributed by atoms with E-state index >= 15 is 0 Å². The number of aliphatic hydroxyl groups is 6. The molecular weight excluding hydrogens is 352 g/mol. The number of ether oxygens (including phenoxy) is 1. The van der Waals surface area contributed by atoms with Crippen molar-refractivity contribution in [1.29, 1.82) is 0 Å². The van der Waals surface area contributed by atoms with E-state index in [1.165, 1.54) is 6.92 Å².